The SMILES string of the molecule is COc1cccc(Oc2ccc(NC(=O)c3ccc(OCc4ccccc4)c(OC)c3)cc2)c1. The molecule has 4 aromatic carbocycles. The topological polar surface area (TPSA) is 66.0 Å². The predicted octanol–water partition coefficient (Wildman–Crippen LogP) is 6.33. The van der Waals surface area contributed by atoms with Crippen LogP contribution in [0.4, 0.5) is 5.69 Å². The van der Waals surface area contributed by atoms with Crippen LogP contribution in [0.1, 0.15) is 15.9 Å². The van der Waals surface area contributed by atoms with Gasteiger partial charge in [0, 0.05) is 17.3 Å². The number of rotatable bonds is 9. The molecule has 0 unspecified atom stereocenters. The van der Waals surface area contributed by atoms with Gasteiger partial charge in [0.05, 0.1) is 14.2 Å². The Bertz CT molecular complexity index is 1240. The average Bonchev–Trinajstić information content (AvgIpc) is 2.89. The van der Waals surface area contributed by atoms with Gasteiger partial charge in [-0.3, -0.25) is 4.79 Å². The molecule has 0 radical (unpaired) electrons. The van der Waals surface area contributed by atoms with E-state index in [4.69, 9.17) is 18.9 Å². The number of carbonyl (C=O) groups excluding carboxylic acids is 1. The van der Waals surface area contributed by atoms with Gasteiger partial charge in [0.1, 0.15) is 23.9 Å². The Morgan fingerprint density at radius 2 is 1.47 bits per heavy atom. The van der Waals surface area contributed by atoms with Crippen molar-refractivity contribution in [1.29, 1.82) is 0 Å². The molecule has 0 heterocycles. The van der Waals surface area contributed by atoms with E-state index in [-0.39, 0.29) is 5.91 Å². The molecule has 4 rings (SSSR count). The second-order valence-electron chi connectivity index (χ2n) is 7.40. The lowest BCUT2D eigenvalue weighted by molar-refractivity contribution is 0.102. The summed E-state index contributed by atoms with van der Waals surface area (Å²) in [7, 11) is 3.16. The normalized spacial score (nSPS) is 10.3. The van der Waals surface area contributed by atoms with Crippen molar-refractivity contribution in [2.24, 2.45) is 0 Å². The number of carbonyl (C=O) groups is 1. The predicted molar refractivity (Wildman–Crippen MR) is 131 cm³/mol. The molecular formula is C28H25NO5. The molecule has 0 aliphatic rings. The molecule has 0 bridgehead atoms. The lowest BCUT2D eigenvalue weighted by Gasteiger charge is -2.13. The second kappa shape index (κ2) is 10.9. The maximum absolute atomic E-state index is 12.8. The van der Waals surface area contributed by atoms with Crippen molar-refractivity contribution >= 4 is 11.6 Å². The summed E-state index contributed by atoms with van der Waals surface area (Å²) in [5, 5.41) is 2.89. The Labute approximate surface area is 198 Å². The fraction of sp³-hybridized carbons (Fsp3) is 0.107. The zero-order valence-corrected chi connectivity index (χ0v) is 19.0. The first-order valence-electron chi connectivity index (χ1n) is 10.7. The van der Waals surface area contributed by atoms with Crippen LogP contribution in [0.2, 0.25) is 0 Å². The van der Waals surface area contributed by atoms with Gasteiger partial charge in [-0.05, 0) is 60.2 Å². The van der Waals surface area contributed by atoms with Gasteiger partial charge in [0.15, 0.2) is 11.5 Å². The van der Waals surface area contributed by atoms with Crippen molar-refractivity contribution in [2.75, 3.05) is 19.5 Å². The van der Waals surface area contributed by atoms with Gasteiger partial charge < -0.3 is 24.3 Å². The summed E-state index contributed by atoms with van der Waals surface area (Å²) in [6, 6.07) is 29.4. The molecule has 0 fully saturated rings. The van der Waals surface area contributed by atoms with Crippen molar-refractivity contribution in [2.45, 2.75) is 6.61 Å². The summed E-state index contributed by atoms with van der Waals surface area (Å²) in [5.41, 5.74) is 2.15. The van der Waals surface area contributed by atoms with Gasteiger partial charge in [-0.15, -0.1) is 0 Å². The molecule has 0 spiro atoms. The molecule has 0 saturated heterocycles. The Balaban J connectivity index is 1.38. The number of anilines is 1. The lowest BCUT2D eigenvalue weighted by Crippen LogP contribution is -2.12. The molecule has 0 aromatic heterocycles. The monoisotopic (exact) mass is 455 g/mol. The van der Waals surface area contributed by atoms with Gasteiger partial charge in [-0.25, -0.2) is 0 Å². The van der Waals surface area contributed by atoms with Gasteiger partial charge in [0.2, 0.25) is 0 Å². The second-order valence-corrected chi connectivity index (χ2v) is 7.40. The third-order valence-electron chi connectivity index (χ3n) is 5.05. The fourth-order valence-electron chi connectivity index (χ4n) is 3.27. The van der Waals surface area contributed by atoms with Crippen LogP contribution < -0.4 is 24.3 Å². The number of nitrogens with one attached hydrogen (secondary N) is 1. The largest absolute Gasteiger partial charge is 0.497 e. The molecule has 34 heavy (non-hydrogen) atoms. The number of amides is 1. The maximum Gasteiger partial charge on any atom is 0.255 e. The van der Waals surface area contributed by atoms with Crippen LogP contribution in [0.5, 0.6) is 28.7 Å². The average molecular weight is 456 g/mol. The van der Waals surface area contributed by atoms with Gasteiger partial charge in [0.25, 0.3) is 5.91 Å². The number of methoxy groups -OCH3 is 2. The highest BCUT2D eigenvalue weighted by Gasteiger charge is 2.12. The first kappa shape index (κ1) is 22.7. The Kier molecular flexibility index (Phi) is 7.30. The smallest absolute Gasteiger partial charge is 0.255 e. The highest BCUT2D eigenvalue weighted by molar-refractivity contribution is 6.04. The number of ether oxygens (including phenoxy) is 4. The summed E-state index contributed by atoms with van der Waals surface area (Å²) in [5.74, 6) is 2.83. The van der Waals surface area contributed by atoms with E-state index >= 15 is 0 Å². The van der Waals surface area contributed by atoms with Crippen LogP contribution in [0.15, 0.2) is 97.1 Å². The Hall–Kier alpha value is -4.45. The molecule has 0 atom stereocenters. The van der Waals surface area contributed by atoms with Gasteiger partial charge in [-0.2, -0.15) is 0 Å². The quantitative estimate of drug-likeness (QED) is 0.320. The van der Waals surface area contributed by atoms with Gasteiger partial charge >= 0.3 is 0 Å². The van der Waals surface area contributed by atoms with Gasteiger partial charge in [-0.1, -0.05) is 36.4 Å². The molecule has 0 aliphatic carbocycles. The van der Waals surface area contributed by atoms with Crippen molar-refractivity contribution in [3.63, 3.8) is 0 Å². The molecule has 6 nitrogen and oxygen atoms in total. The van der Waals surface area contributed by atoms with E-state index in [1.165, 1.54) is 0 Å². The van der Waals surface area contributed by atoms with Crippen molar-refractivity contribution in [3.05, 3.63) is 108 Å². The van der Waals surface area contributed by atoms with E-state index in [1.807, 2.05) is 48.5 Å². The summed E-state index contributed by atoms with van der Waals surface area (Å²) in [6.45, 7) is 0.410. The van der Waals surface area contributed by atoms with Crippen molar-refractivity contribution in [3.8, 4) is 28.7 Å². The van der Waals surface area contributed by atoms with Crippen LogP contribution in [0.25, 0.3) is 0 Å². The van der Waals surface area contributed by atoms with E-state index in [1.54, 1.807) is 62.8 Å². The zero-order valence-electron chi connectivity index (χ0n) is 19.0. The minimum absolute atomic E-state index is 0.255. The molecule has 1 amide bonds. The van der Waals surface area contributed by atoms with E-state index in [0.29, 0.717) is 46.6 Å². The highest BCUT2D eigenvalue weighted by atomic mass is 16.5. The molecule has 0 aliphatic heterocycles. The van der Waals surface area contributed by atoms with Crippen molar-refractivity contribution in [1.82, 2.24) is 0 Å². The summed E-state index contributed by atoms with van der Waals surface area (Å²) in [6.07, 6.45) is 0. The first-order valence-corrected chi connectivity index (χ1v) is 10.7. The lowest BCUT2D eigenvalue weighted by atomic mass is 10.1. The zero-order chi connectivity index (χ0) is 23.8. The highest BCUT2D eigenvalue weighted by Crippen LogP contribution is 2.30. The Morgan fingerprint density at radius 3 is 2.21 bits per heavy atom. The molecule has 172 valence electrons. The fourth-order valence-corrected chi connectivity index (χ4v) is 3.27. The third-order valence-corrected chi connectivity index (χ3v) is 5.05. The van der Waals surface area contributed by atoms with E-state index in [0.717, 1.165) is 5.56 Å². The Morgan fingerprint density at radius 1 is 0.706 bits per heavy atom. The first-order chi connectivity index (χ1) is 16.6. The van der Waals surface area contributed by atoms with E-state index < -0.39 is 0 Å². The van der Waals surface area contributed by atoms with E-state index in [9.17, 15) is 4.79 Å². The van der Waals surface area contributed by atoms with Crippen LogP contribution in [0, 0.1) is 0 Å². The van der Waals surface area contributed by atoms with Crippen LogP contribution >= 0.6 is 0 Å². The molecule has 0 saturated carbocycles. The summed E-state index contributed by atoms with van der Waals surface area (Å²) in [4.78, 5) is 12.8. The van der Waals surface area contributed by atoms with Crippen LogP contribution in [-0.4, -0.2) is 20.1 Å². The van der Waals surface area contributed by atoms with Crippen molar-refractivity contribution < 1.29 is 23.7 Å². The number of benzene rings is 4. The molecule has 1 N–H and O–H groups in total. The maximum atomic E-state index is 12.8. The summed E-state index contributed by atoms with van der Waals surface area (Å²) < 4.78 is 22.3. The van der Waals surface area contributed by atoms with E-state index in [2.05, 4.69) is 5.32 Å². The summed E-state index contributed by atoms with van der Waals surface area (Å²) >= 11 is 0. The molecular weight excluding hydrogens is 430 g/mol. The number of hydrogen-bond donors (Lipinski definition) is 1. The van der Waals surface area contributed by atoms with Crippen LogP contribution in [0.3, 0.4) is 0 Å². The number of hydrogen-bond acceptors (Lipinski definition) is 5. The standard InChI is InChI=1S/C28H25NO5/c1-31-24-9-6-10-25(18-24)34-23-14-12-22(13-15-23)29-28(30)21-11-16-26(27(17-21)32-2)33-19-20-7-4-3-5-8-20/h3-18H,19H2,1-2H3,(H,29,30). The van der Waals surface area contributed by atoms with Crippen LogP contribution in [-0.2, 0) is 6.61 Å². The minimum Gasteiger partial charge on any atom is -0.497 e. The molecule has 6 heteroatoms. The molecule has 4 aromatic rings. The minimum atomic E-state index is -0.255. The third kappa shape index (κ3) is 5.86.